The van der Waals surface area contributed by atoms with E-state index in [-0.39, 0.29) is 35.4 Å². The first-order chi connectivity index (χ1) is 17.7. The molecule has 9 nitrogen and oxygen atoms in total. The Morgan fingerprint density at radius 1 is 0.838 bits per heavy atom. The third kappa shape index (κ3) is 5.29. The van der Waals surface area contributed by atoms with E-state index in [4.69, 9.17) is 11.6 Å². The standard InChI is InChI=1S/C25H28ClFN6O3S/c1-29-18-23(25(34)32-12-10-30(11-13-32)22-8-4-20(27)5-9-22)24(28-29)37(35,36)33-16-14-31(15-17-33)21-6-2-19(26)3-7-21/h2-9,18H,10-17H2,1H3. The maximum Gasteiger partial charge on any atom is 0.263 e. The van der Waals surface area contributed by atoms with Crippen LogP contribution in [0.25, 0.3) is 0 Å². The molecule has 37 heavy (non-hydrogen) atoms. The molecular formula is C25H28ClFN6O3S. The number of carbonyl (C=O) groups is 1. The van der Waals surface area contributed by atoms with Crippen molar-refractivity contribution in [2.75, 3.05) is 62.2 Å². The van der Waals surface area contributed by atoms with E-state index in [2.05, 4.69) is 14.9 Å². The van der Waals surface area contributed by atoms with Gasteiger partial charge in [0.2, 0.25) is 5.03 Å². The Kier molecular flexibility index (Phi) is 7.11. The number of aryl methyl sites for hydroxylation is 1. The van der Waals surface area contributed by atoms with E-state index in [1.807, 2.05) is 24.3 Å². The van der Waals surface area contributed by atoms with Crippen LogP contribution in [0.2, 0.25) is 5.02 Å². The van der Waals surface area contributed by atoms with Crippen LogP contribution in [0.4, 0.5) is 15.8 Å². The highest BCUT2D eigenvalue weighted by molar-refractivity contribution is 7.89. The molecule has 0 aliphatic carbocycles. The normalized spacial score (nSPS) is 17.3. The number of amides is 1. The van der Waals surface area contributed by atoms with E-state index in [1.165, 1.54) is 27.3 Å². The SMILES string of the molecule is Cn1cc(C(=O)N2CCN(c3ccc(F)cc3)CC2)c(S(=O)(=O)N2CCN(c3ccc(Cl)cc3)CC2)n1. The number of sulfonamides is 1. The van der Waals surface area contributed by atoms with Gasteiger partial charge in [0.1, 0.15) is 5.82 Å². The van der Waals surface area contributed by atoms with Crippen molar-refractivity contribution in [3.63, 3.8) is 0 Å². The number of rotatable bonds is 5. The van der Waals surface area contributed by atoms with Crippen LogP contribution in [0, 0.1) is 5.82 Å². The van der Waals surface area contributed by atoms with E-state index >= 15 is 0 Å². The Balaban J connectivity index is 1.27. The molecule has 0 saturated carbocycles. The zero-order valence-electron chi connectivity index (χ0n) is 20.4. The molecule has 2 saturated heterocycles. The van der Waals surface area contributed by atoms with E-state index < -0.39 is 10.0 Å². The van der Waals surface area contributed by atoms with Crippen LogP contribution in [0.5, 0.6) is 0 Å². The second-order valence-corrected chi connectivity index (χ2v) is 11.4. The van der Waals surface area contributed by atoms with Crippen molar-refractivity contribution in [2.24, 2.45) is 7.05 Å². The van der Waals surface area contributed by atoms with Gasteiger partial charge in [-0.05, 0) is 48.5 Å². The Bertz CT molecular complexity index is 1360. The lowest BCUT2D eigenvalue weighted by atomic mass is 10.2. The van der Waals surface area contributed by atoms with Crippen molar-refractivity contribution < 1.29 is 17.6 Å². The van der Waals surface area contributed by atoms with Crippen molar-refractivity contribution in [1.82, 2.24) is 19.0 Å². The molecule has 3 aromatic rings. The predicted molar refractivity (Wildman–Crippen MR) is 140 cm³/mol. The van der Waals surface area contributed by atoms with Gasteiger partial charge < -0.3 is 14.7 Å². The first-order valence-corrected chi connectivity index (χ1v) is 13.9. The maximum atomic E-state index is 13.6. The molecular weight excluding hydrogens is 519 g/mol. The summed E-state index contributed by atoms with van der Waals surface area (Å²) in [6, 6.07) is 13.7. The summed E-state index contributed by atoms with van der Waals surface area (Å²) in [6.45, 7) is 3.56. The molecule has 0 atom stereocenters. The molecule has 2 fully saturated rings. The van der Waals surface area contributed by atoms with Gasteiger partial charge in [0.05, 0.1) is 5.56 Å². The third-order valence-electron chi connectivity index (χ3n) is 6.80. The molecule has 196 valence electrons. The fourth-order valence-electron chi connectivity index (χ4n) is 4.76. The Labute approximate surface area is 220 Å². The minimum Gasteiger partial charge on any atom is -0.369 e. The van der Waals surface area contributed by atoms with E-state index in [0.717, 1.165) is 11.4 Å². The molecule has 0 bridgehead atoms. The minimum atomic E-state index is -3.97. The molecule has 1 amide bonds. The number of piperazine rings is 2. The van der Waals surface area contributed by atoms with Gasteiger partial charge in [0.15, 0.2) is 0 Å². The number of carbonyl (C=O) groups excluding carboxylic acids is 1. The lowest BCUT2D eigenvalue weighted by Gasteiger charge is -2.36. The molecule has 3 heterocycles. The van der Waals surface area contributed by atoms with Gasteiger partial charge in [-0.1, -0.05) is 11.6 Å². The van der Waals surface area contributed by atoms with Crippen LogP contribution < -0.4 is 9.80 Å². The highest BCUT2D eigenvalue weighted by atomic mass is 35.5. The van der Waals surface area contributed by atoms with Crippen molar-refractivity contribution in [2.45, 2.75) is 5.03 Å². The summed E-state index contributed by atoms with van der Waals surface area (Å²) < 4.78 is 43.2. The van der Waals surface area contributed by atoms with Crippen LogP contribution in [-0.2, 0) is 17.1 Å². The maximum absolute atomic E-state index is 13.6. The lowest BCUT2D eigenvalue weighted by molar-refractivity contribution is 0.0742. The van der Waals surface area contributed by atoms with Crippen LogP contribution in [-0.4, -0.2) is 85.7 Å². The van der Waals surface area contributed by atoms with E-state index in [0.29, 0.717) is 44.3 Å². The number of halogens is 2. The average molecular weight is 547 g/mol. The molecule has 0 N–H and O–H groups in total. The number of anilines is 2. The summed E-state index contributed by atoms with van der Waals surface area (Å²) >= 11 is 5.98. The van der Waals surface area contributed by atoms with E-state index in [9.17, 15) is 17.6 Å². The highest BCUT2D eigenvalue weighted by Gasteiger charge is 2.36. The summed E-state index contributed by atoms with van der Waals surface area (Å²) in [7, 11) is -2.35. The fourth-order valence-corrected chi connectivity index (χ4v) is 6.42. The van der Waals surface area contributed by atoms with Gasteiger partial charge in [-0.3, -0.25) is 9.48 Å². The predicted octanol–water partition coefficient (Wildman–Crippen LogP) is 2.69. The minimum absolute atomic E-state index is 0.0814. The first kappa shape index (κ1) is 25.5. The monoisotopic (exact) mass is 546 g/mol. The summed E-state index contributed by atoms with van der Waals surface area (Å²) in [5.41, 5.74) is 1.95. The Morgan fingerprint density at radius 2 is 1.35 bits per heavy atom. The van der Waals surface area contributed by atoms with Gasteiger partial charge >= 0.3 is 0 Å². The van der Waals surface area contributed by atoms with Gasteiger partial charge in [0, 0.05) is 82.0 Å². The summed E-state index contributed by atoms with van der Waals surface area (Å²) in [5.74, 6) is -0.653. The molecule has 0 spiro atoms. The quantitative estimate of drug-likeness (QED) is 0.489. The molecule has 5 rings (SSSR count). The fraction of sp³-hybridized carbons (Fsp3) is 0.360. The van der Waals surface area contributed by atoms with Gasteiger partial charge in [-0.25, -0.2) is 12.8 Å². The van der Waals surface area contributed by atoms with Gasteiger partial charge in [0.25, 0.3) is 15.9 Å². The van der Waals surface area contributed by atoms with Crippen LogP contribution in [0.15, 0.2) is 59.8 Å². The number of nitrogens with zero attached hydrogens (tertiary/aromatic N) is 6. The first-order valence-electron chi connectivity index (χ1n) is 12.1. The molecule has 2 aromatic carbocycles. The molecule has 2 aliphatic heterocycles. The lowest BCUT2D eigenvalue weighted by Crippen LogP contribution is -2.50. The molecule has 12 heteroatoms. The second-order valence-electron chi connectivity index (χ2n) is 9.14. The second kappa shape index (κ2) is 10.3. The number of hydrogen-bond donors (Lipinski definition) is 0. The van der Waals surface area contributed by atoms with Crippen LogP contribution in [0.3, 0.4) is 0 Å². The summed E-state index contributed by atoms with van der Waals surface area (Å²) in [6.07, 6.45) is 1.48. The van der Waals surface area contributed by atoms with Gasteiger partial charge in [-0.2, -0.15) is 9.40 Å². The largest absolute Gasteiger partial charge is 0.369 e. The van der Waals surface area contributed by atoms with Gasteiger partial charge in [-0.15, -0.1) is 0 Å². The number of benzene rings is 2. The third-order valence-corrected chi connectivity index (χ3v) is 8.89. The van der Waals surface area contributed by atoms with Crippen LogP contribution >= 0.6 is 11.6 Å². The number of hydrogen-bond acceptors (Lipinski definition) is 6. The van der Waals surface area contributed by atoms with Crippen molar-refractivity contribution in [3.8, 4) is 0 Å². The molecule has 0 radical (unpaired) electrons. The average Bonchev–Trinajstić information content (AvgIpc) is 3.32. The summed E-state index contributed by atoms with van der Waals surface area (Å²) in [4.78, 5) is 19.2. The zero-order valence-corrected chi connectivity index (χ0v) is 22.0. The topological polar surface area (TPSA) is 82.0 Å². The van der Waals surface area contributed by atoms with E-state index in [1.54, 1.807) is 24.1 Å². The molecule has 2 aliphatic rings. The molecule has 1 aromatic heterocycles. The summed E-state index contributed by atoms with van der Waals surface area (Å²) in [5, 5.41) is 4.64. The Morgan fingerprint density at radius 3 is 1.92 bits per heavy atom. The van der Waals surface area contributed by atoms with Crippen molar-refractivity contribution in [1.29, 1.82) is 0 Å². The Hall–Kier alpha value is -3.15. The van der Waals surface area contributed by atoms with Crippen molar-refractivity contribution in [3.05, 3.63) is 71.1 Å². The molecule has 0 unspecified atom stereocenters. The van der Waals surface area contributed by atoms with Crippen LogP contribution in [0.1, 0.15) is 10.4 Å². The smallest absolute Gasteiger partial charge is 0.263 e. The van der Waals surface area contributed by atoms with Crippen molar-refractivity contribution >= 4 is 38.9 Å². The highest BCUT2D eigenvalue weighted by Crippen LogP contribution is 2.25. The number of aromatic nitrogens is 2. The zero-order chi connectivity index (χ0) is 26.2.